The monoisotopic (exact) mass is 714 g/mol. The Morgan fingerprint density at radius 3 is 1.92 bits per heavy atom. The van der Waals surface area contributed by atoms with E-state index in [1.165, 1.54) is 6.92 Å². The quantitative estimate of drug-likeness (QED) is 0.102. The van der Waals surface area contributed by atoms with Crippen LogP contribution in [-0.4, -0.2) is 71.9 Å². The van der Waals surface area contributed by atoms with Crippen LogP contribution in [0.3, 0.4) is 0 Å². The lowest BCUT2D eigenvalue weighted by atomic mass is 9.94. The lowest BCUT2D eigenvalue weighted by Crippen LogP contribution is -2.58. The molecule has 3 aromatic carbocycles. The molecule has 0 saturated heterocycles. The van der Waals surface area contributed by atoms with Crippen LogP contribution in [0.2, 0.25) is 0 Å². The van der Waals surface area contributed by atoms with E-state index < -0.39 is 77.9 Å². The van der Waals surface area contributed by atoms with Crippen molar-refractivity contribution in [2.75, 3.05) is 6.54 Å². The van der Waals surface area contributed by atoms with E-state index in [1.54, 1.807) is 38.1 Å². The summed E-state index contributed by atoms with van der Waals surface area (Å²) < 4.78 is 0. The van der Waals surface area contributed by atoms with Crippen LogP contribution in [0.4, 0.5) is 0 Å². The molecule has 5 unspecified atom stereocenters. The Kier molecular flexibility index (Phi) is 15.5. The van der Waals surface area contributed by atoms with E-state index in [0.29, 0.717) is 6.42 Å². The fourth-order valence-electron chi connectivity index (χ4n) is 5.69. The maximum Gasteiger partial charge on any atom is 0.290 e. The van der Waals surface area contributed by atoms with Gasteiger partial charge in [0.1, 0.15) is 18.1 Å². The van der Waals surface area contributed by atoms with Gasteiger partial charge >= 0.3 is 0 Å². The summed E-state index contributed by atoms with van der Waals surface area (Å²) in [5, 5.41) is 14.8. The molecule has 0 heterocycles. The third-order valence-corrected chi connectivity index (χ3v) is 8.68. The van der Waals surface area contributed by atoms with E-state index in [-0.39, 0.29) is 25.2 Å². The lowest BCUT2D eigenvalue weighted by molar-refractivity contribution is -0.142. The Morgan fingerprint density at radius 2 is 1.31 bits per heavy atom. The summed E-state index contributed by atoms with van der Waals surface area (Å²) >= 11 is 0. The van der Waals surface area contributed by atoms with Crippen molar-refractivity contribution in [3.05, 3.63) is 83.9 Å². The Morgan fingerprint density at radius 1 is 0.673 bits per heavy atom. The van der Waals surface area contributed by atoms with Crippen molar-refractivity contribution >= 4 is 52.0 Å². The summed E-state index contributed by atoms with van der Waals surface area (Å²) in [7, 11) is 0. The molecule has 0 aromatic heterocycles. The van der Waals surface area contributed by atoms with Gasteiger partial charge in [-0.05, 0) is 40.2 Å². The van der Waals surface area contributed by atoms with Crippen molar-refractivity contribution < 1.29 is 33.6 Å². The molecule has 0 bridgehead atoms. The molecule has 13 heteroatoms. The number of benzene rings is 3. The summed E-state index contributed by atoms with van der Waals surface area (Å²) in [5.41, 5.74) is 7.14. The highest BCUT2D eigenvalue weighted by atomic mass is 16.2. The molecule has 0 radical (unpaired) electrons. The molecule has 3 rings (SSSR count). The smallest absolute Gasteiger partial charge is 0.290 e. The second-order valence-corrected chi connectivity index (χ2v) is 13.5. The number of primary amides is 1. The molecule has 0 saturated carbocycles. The molecule has 0 spiro atoms. The number of nitrogens with one attached hydrogen (secondary N) is 5. The molecule has 5 atom stereocenters. The number of carbonyl (C=O) groups excluding carboxylic acids is 7. The molecule has 0 aliphatic heterocycles. The Balaban J connectivity index is 1.66. The van der Waals surface area contributed by atoms with Crippen molar-refractivity contribution in [2.24, 2.45) is 17.6 Å². The first kappa shape index (κ1) is 40.8. The maximum atomic E-state index is 13.5. The largest absolute Gasteiger partial charge is 0.368 e. The van der Waals surface area contributed by atoms with Gasteiger partial charge in [-0.15, -0.1) is 0 Å². The molecular weight excluding hydrogens is 664 g/mol. The van der Waals surface area contributed by atoms with Crippen molar-refractivity contribution in [1.29, 1.82) is 0 Å². The first-order valence-corrected chi connectivity index (χ1v) is 17.5. The van der Waals surface area contributed by atoms with Gasteiger partial charge in [0.15, 0.2) is 0 Å². The summed E-state index contributed by atoms with van der Waals surface area (Å²) in [6.07, 6.45) is 0.880. The predicted octanol–water partition coefficient (Wildman–Crippen LogP) is 1.85. The van der Waals surface area contributed by atoms with Gasteiger partial charge in [0.05, 0.1) is 12.6 Å². The average Bonchev–Trinajstić information content (AvgIpc) is 3.11. The molecule has 0 aliphatic carbocycles. The molecule has 7 N–H and O–H groups in total. The zero-order valence-electron chi connectivity index (χ0n) is 30.4. The summed E-state index contributed by atoms with van der Waals surface area (Å²) in [6, 6.07) is 17.9. The SMILES string of the molecule is CCC(C)C(NC(=O)CNC(=O)C(Cc1ccc2ccccc2c1)NC(C)=O)C(=O)C(=O)NC(CC(C)C)C(=O)NC(Cc1ccccc1)C(N)=O. The maximum absolute atomic E-state index is 13.5. The van der Waals surface area contributed by atoms with Gasteiger partial charge in [0.2, 0.25) is 35.3 Å². The van der Waals surface area contributed by atoms with Crippen molar-refractivity contribution in [3.63, 3.8) is 0 Å². The number of amides is 6. The number of nitrogens with two attached hydrogens (primary N) is 1. The first-order valence-electron chi connectivity index (χ1n) is 17.5. The first-order chi connectivity index (χ1) is 24.7. The minimum atomic E-state index is -1.27. The summed E-state index contributed by atoms with van der Waals surface area (Å²) in [5.74, 6) is -5.83. The van der Waals surface area contributed by atoms with Crippen LogP contribution >= 0.6 is 0 Å². The third-order valence-electron chi connectivity index (χ3n) is 8.68. The van der Waals surface area contributed by atoms with Crippen LogP contribution in [-0.2, 0) is 46.4 Å². The molecule has 6 amide bonds. The van der Waals surface area contributed by atoms with E-state index in [2.05, 4.69) is 26.6 Å². The molecule has 0 fully saturated rings. The van der Waals surface area contributed by atoms with E-state index in [4.69, 9.17) is 5.73 Å². The van der Waals surface area contributed by atoms with Crippen molar-refractivity contribution in [1.82, 2.24) is 26.6 Å². The number of hydrogen-bond acceptors (Lipinski definition) is 7. The van der Waals surface area contributed by atoms with Gasteiger partial charge in [-0.2, -0.15) is 0 Å². The molecule has 278 valence electrons. The molecule has 52 heavy (non-hydrogen) atoms. The topological polar surface area (TPSA) is 206 Å². The van der Waals surface area contributed by atoms with Gasteiger partial charge in [0.25, 0.3) is 5.91 Å². The Labute approximate surface area is 304 Å². The zero-order chi connectivity index (χ0) is 38.4. The van der Waals surface area contributed by atoms with Gasteiger partial charge in [-0.25, -0.2) is 0 Å². The second-order valence-electron chi connectivity index (χ2n) is 13.5. The van der Waals surface area contributed by atoms with Crippen molar-refractivity contribution in [3.8, 4) is 0 Å². The Bertz CT molecular complexity index is 1750. The van der Waals surface area contributed by atoms with E-state index in [1.807, 2.05) is 62.4 Å². The standard InChI is InChI=1S/C39H50N6O7/c1-6-24(4)34(35(48)39(52)44-31(18-23(2)3)38(51)43-30(36(40)49)20-26-12-8-7-9-13-26)45-33(47)22-41-37(50)32(42-25(5)46)21-27-16-17-28-14-10-11-15-29(28)19-27/h7-17,19,23-24,30-32,34H,6,18,20-22H2,1-5H3,(H2,40,49)(H,41,50)(H,42,46)(H,43,51)(H,44,52)(H,45,47). The second kappa shape index (κ2) is 19.7. The van der Waals surface area contributed by atoms with Gasteiger partial charge in [-0.1, -0.05) is 107 Å². The van der Waals surface area contributed by atoms with Gasteiger partial charge in [0, 0.05) is 19.8 Å². The normalized spacial score (nSPS) is 13.9. The highest BCUT2D eigenvalue weighted by Gasteiger charge is 2.34. The number of ketones is 1. The predicted molar refractivity (Wildman–Crippen MR) is 197 cm³/mol. The third kappa shape index (κ3) is 12.6. The van der Waals surface area contributed by atoms with Crippen LogP contribution in [0.25, 0.3) is 10.8 Å². The van der Waals surface area contributed by atoms with Crippen LogP contribution < -0.4 is 32.3 Å². The molecule has 13 nitrogen and oxygen atoms in total. The fraction of sp³-hybridized carbons (Fsp3) is 0.410. The van der Waals surface area contributed by atoms with Crippen LogP contribution in [0.1, 0.15) is 58.6 Å². The number of carbonyl (C=O) groups is 7. The molecule has 0 aliphatic rings. The Hall–Kier alpha value is -5.59. The highest BCUT2D eigenvalue weighted by molar-refractivity contribution is 6.39. The van der Waals surface area contributed by atoms with Gasteiger partial charge in [-0.3, -0.25) is 33.6 Å². The zero-order valence-corrected chi connectivity index (χ0v) is 30.4. The average molecular weight is 715 g/mol. The summed E-state index contributed by atoms with van der Waals surface area (Å²) in [4.78, 5) is 90.5. The van der Waals surface area contributed by atoms with Crippen molar-refractivity contribution in [2.45, 2.75) is 84.5 Å². The highest BCUT2D eigenvalue weighted by Crippen LogP contribution is 2.17. The van der Waals surface area contributed by atoms with Gasteiger partial charge < -0.3 is 32.3 Å². The fourth-order valence-corrected chi connectivity index (χ4v) is 5.69. The van der Waals surface area contributed by atoms with Crippen LogP contribution in [0, 0.1) is 11.8 Å². The minimum absolute atomic E-state index is 0.0801. The number of rotatable bonds is 19. The van der Waals surface area contributed by atoms with Crippen LogP contribution in [0.5, 0.6) is 0 Å². The summed E-state index contributed by atoms with van der Waals surface area (Å²) in [6.45, 7) is 7.90. The number of Topliss-reactive ketones (excluding diaryl/α,β-unsaturated/α-hetero) is 1. The minimum Gasteiger partial charge on any atom is -0.368 e. The lowest BCUT2D eigenvalue weighted by Gasteiger charge is -2.26. The van der Waals surface area contributed by atoms with E-state index >= 15 is 0 Å². The number of fused-ring (bicyclic) bond motifs is 1. The van der Waals surface area contributed by atoms with E-state index in [9.17, 15) is 33.6 Å². The number of hydrogen-bond donors (Lipinski definition) is 6. The van der Waals surface area contributed by atoms with E-state index in [0.717, 1.165) is 21.9 Å². The molecule has 3 aromatic rings. The van der Waals surface area contributed by atoms with Crippen LogP contribution in [0.15, 0.2) is 72.8 Å². The molecular formula is C39H50N6O7.